The van der Waals surface area contributed by atoms with Crippen molar-refractivity contribution in [1.82, 2.24) is 14.9 Å². The van der Waals surface area contributed by atoms with Crippen molar-refractivity contribution in [2.24, 2.45) is 0 Å². The highest BCUT2D eigenvalue weighted by Gasteiger charge is 2.29. The van der Waals surface area contributed by atoms with Gasteiger partial charge in [0, 0.05) is 38.3 Å². The first kappa shape index (κ1) is 17.0. The molecule has 1 aromatic carbocycles. The number of rotatable bonds is 4. The van der Waals surface area contributed by atoms with Crippen LogP contribution < -0.4 is 4.90 Å². The van der Waals surface area contributed by atoms with Crippen molar-refractivity contribution in [2.75, 3.05) is 37.7 Å². The minimum absolute atomic E-state index is 0.149. The maximum Gasteiger partial charge on any atom is 0.225 e. The predicted octanol–water partition coefficient (Wildman–Crippen LogP) is 3.05. The lowest BCUT2D eigenvalue weighted by atomic mass is 10.2. The molecule has 4 rings (SSSR count). The first-order valence-corrected chi connectivity index (χ1v) is 9.29. The van der Waals surface area contributed by atoms with Crippen LogP contribution >= 0.6 is 23.2 Å². The van der Waals surface area contributed by atoms with Gasteiger partial charge in [0.2, 0.25) is 5.28 Å². The van der Waals surface area contributed by atoms with Crippen LogP contribution in [0.2, 0.25) is 10.4 Å². The SMILES string of the molecule is Clc1nc(Cl)c2c(n1)N(C[C@@H]1CN(Cc3ccccc3)CCO1)CC2. The lowest BCUT2D eigenvalue weighted by molar-refractivity contribution is -0.0267. The standard InChI is InChI=1S/C18H20Cl2N4O/c19-16-15-6-7-24(17(15)22-18(20)21-16)12-14-11-23(8-9-25-14)10-13-4-2-1-3-5-13/h1-5,14H,6-12H2/t14-/m0/s1. The van der Waals surface area contributed by atoms with Gasteiger partial charge in [-0.2, -0.15) is 0 Å². The Bertz CT molecular complexity index is 743. The Morgan fingerprint density at radius 3 is 2.80 bits per heavy atom. The molecule has 0 aliphatic carbocycles. The number of hydrogen-bond acceptors (Lipinski definition) is 5. The van der Waals surface area contributed by atoms with E-state index in [-0.39, 0.29) is 11.4 Å². The number of nitrogens with zero attached hydrogens (tertiary/aromatic N) is 4. The van der Waals surface area contributed by atoms with Crippen LogP contribution in [-0.4, -0.2) is 53.8 Å². The van der Waals surface area contributed by atoms with Crippen LogP contribution in [0.15, 0.2) is 30.3 Å². The van der Waals surface area contributed by atoms with E-state index in [9.17, 15) is 0 Å². The molecule has 1 aromatic heterocycles. The fourth-order valence-electron chi connectivity index (χ4n) is 3.55. The molecule has 1 atom stereocenters. The molecule has 2 aromatic rings. The van der Waals surface area contributed by atoms with E-state index in [1.165, 1.54) is 5.56 Å². The Balaban J connectivity index is 1.41. The molecular formula is C18H20Cl2N4O. The third-order valence-electron chi connectivity index (χ3n) is 4.73. The number of morpholine rings is 1. The third-order valence-corrected chi connectivity index (χ3v) is 5.22. The van der Waals surface area contributed by atoms with Crippen molar-refractivity contribution < 1.29 is 4.74 Å². The van der Waals surface area contributed by atoms with Gasteiger partial charge in [0.05, 0.1) is 12.7 Å². The van der Waals surface area contributed by atoms with Crippen molar-refractivity contribution >= 4 is 29.0 Å². The Hall–Kier alpha value is -1.40. The molecule has 0 amide bonds. The maximum atomic E-state index is 6.19. The van der Waals surface area contributed by atoms with Gasteiger partial charge in [0.25, 0.3) is 0 Å². The smallest absolute Gasteiger partial charge is 0.225 e. The summed E-state index contributed by atoms with van der Waals surface area (Å²) in [6.07, 6.45) is 1.00. The number of anilines is 1. The molecule has 1 fully saturated rings. The summed E-state index contributed by atoms with van der Waals surface area (Å²) < 4.78 is 5.99. The summed E-state index contributed by atoms with van der Waals surface area (Å²) in [7, 11) is 0. The molecule has 5 nitrogen and oxygen atoms in total. The molecule has 132 valence electrons. The van der Waals surface area contributed by atoms with Crippen molar-refractivity contribution in [3.05, 3.63) is 51.9 Å². The second kappa shape index (κ2) is 7.46. The maximum absolute atomic E-state index is 6.19. The van der Waals surface area contributed by atoms with Crippen molar-refractivity contribution in [2.45, 2.75) is 19.1 Å². The van der Waals surface area contributed by atoms with Gasteiger partial charge in [-0.25, -0.2) is 9.97 Å². The molecule has 0 N–H and O–H groups in total. The number of hydrogen-bond donors (Lipinski definition) is 0. The number of benzene rings is 1. The Morgan fingerprint density at radius 1 is 1.12 bits per heavy atom. The van der Waals surface area contributed by atoms with Gasteiger partial charge >= 0.3 is 0 Å². The van der Waals surface area contributed by atoms with E-state index < -0.39 is 0 Å². The molecule has 25 heavy (non-hydrogen) atoms. The Labute approximate surface area is 157 Å². The van der Waals surface area contributed by atoms with Crippen LogP contribution in [0.1, 0.15) is 11.1 Å². The zero-order valence-corrected chi connectivity index (χ0v) is 15.4. The first-order chi connectivity index (χ1) is 12.2. The number of halogens is 2. The second-order valence-corrected chi connectivity index (χ2v) is 7.19. The molecule has 2 aliphatic heterocycles. The quantitative estimate of drug-likeness (QED) is 0.604. The molecule has 1 saturated heterocycles. The minimum atomic E-state index is 0.149. The minimum Gasteiger partial charge on any atom is -0.374 e. The monoisotopic (exact) mass is 378 g/mol. The fraction of sp³-hybridized carbons (Fsp3) is 0.444. The van der Waals surface area contributed by atoms with Gasteiger partial charge in [-0.05, 0) is 23.6 Å². The van der Waals surface area contributed by atoms with Crippen LogP contribution in [0.5, 0.6) is 0 Å². The summed E-state index contributed by atoms with van der Waals surface area (Å²) in [5, 5.41) is 0.665. The average Bonchev–Trinajstić information content (AvgIpc) is 2.99. The van der Waals surface area contributed by atoms with E-state index in [2.05, 4.69) is 50.1 Å². The van der Waals surface area contributed by atoms with Crippen molar-refractivity contribution in [3.8, 4) is 0 Å². The molecule has 0 saturated carbocycles. The summed E-state index contributed by atoms with van der Waals surface area (Å²) in [6.45, 7) is 5.25. The highest BCUT2D eigenvalue weighted by atomic mass is 35.5. The topological polar surface area (TPSA) is 41.5 Å². The van der Waals surface area contributed by atoms with E-state index in [1.54, 1.807) is 0 Å². The Morgan fingerprint density at radius 2 is 1.96 bits per heavy atom. The lowest BCUT2D eigenvalue weighted by Crippen LogP contribution is -2.47. The number of ether oxygens (including phenoxy) is 1. The molecule has 0 spiro atoms. The molecule has 0 radical (unpaired) electrons. The van der Waals surface area contributed by atoms with Gasteiger partial charge < -0.3 is 9.64 Å². The molecule has 2 aliphatic rings. The van der Waals surface area contributed by atoms with E-state index in [4.69, 9.17) is 27.9 Å². The molecular weight excluding hydrogens is 359 g/mol. The third kappa shape index (κ3) is 3.90. The van der Waals surface area contributed by atoms with E-state index >= 15 is 0 Å². The zero-order chi connectivity index (χ0) is 17.2. The summed E-state index contributed by atoms with van der Waals surface area (Å²) in [5.74, 6) is 0.855. The zero-order valence-electron chi connectivity index (χ0n) is 13.9. The summed E-state index contributed by atoms with van der Waals surface area (Å²) in [6, 6.07) is 10.6. The van der Waals surface area contributed by atoms with Crippen LogP contribution in [0.25, 0.3) is 0 Å². The average molecular weight is 379 g/mol. The summed E-state index contributed by atoms with van der Waals surface area (Å²) >= 11 is 12.2. The highest BCUT2D eigenvalue weighted by Crippen LogP contribution is 2.32. The fourth-order valence-corrected chi connectivity index (χ4v) is 4.02. The molecule has 3 heterocycles. The van der Waals surface area contributed by atoms with Crippen LogP contribution in [-0.2, 0) is 17.7 Å². The Kier molecular flexibility index (Phi) is 5.08. The second-order valence-electron chi connectivity index (χ2n) is 6.50. The van der Waals surface area contributed by atoms with E-state index in [0.717, 1.165) is 57.1 Å². The van der Waals surface area contributed by atoms with Crippen LogP contribution in [0.3, 0.4) is 0 Å². The lowest BCUT2D eigenvalue weighted by Gasteiger charge is -2.35. The molecule has 7 heteroatoms. The predicted molar refractivity (Wildman–Crippen MR) is 99.4 cm³/mol. The van der Waals surface area contributed by atoms with Gasteiger partial charge in [-0.1, -0.05) is 41.9 Å². The summed E-state index contributed by atoms with van der Waals surface area (Å²) in [5.41, 5.74) is 2.32. The van der Waals surface area contributed by atoms with Crippen molar-refractivity contribution in [3.63, 3.8) is 0 Å². The number of fused-ring (bicyclic) bond motifs is 1. The van der Waals surface area contributed by atoms with Gasteiger partial charge in [0.15, 0.2) is 0 Å². The highest BCUT2D eigenvalue weighted by molar-refractivity contribution is 6.32. The normalized spacial score (nSPS) is 20.7. The van der Waals surface area contributed by atoms with E-state index in [0.29, 0.717) is 5.15 Å². The van der Waals surface area contributed by atoms with Gasteiger partial charge in [-0.3, -0.25) is 4.90 Å². The van der Waals surface area contributed by atoms with E-state index in [1.807, 2.05) is 0 Å². The summed E-state index contributed by atoms with van der Waals surface area (Å²) in [4.78, 5) is 13.1. The van der Waals surface area contributed by atoms with Crippen LogP contribution in [0.4, 0.5) is 5.82 Å². The number of aromatic nitrogens is 2. The molecule has 0 bridgehead atoms. The van der Waals surface area contributed by atoms with Crippen LogP contribution in [0, 0.1) is 0 Å². The first-order valence-electron chi connectivity index (χ1n) is 8.54. The van der Waals surface area contributed by atoms with Crippen molar-refractivity contribution in [1.29, 1.82) is 0 Å². The molecule has 0 unspecified atom stereocenters. The van der Waals surface area contributed by atoms with Gasteiger partial charge in [0.1, 0.15) is 11.0 Å². The van der Waals surface area contributed by atoms with Gasteiger partial charge in [-0.15, -0.1) is 0 Å². The largest absolute Gasteiger partial charge is 0.374 e.